The first-order valence-electron chi connectivity index (χ1n) is 9.67. The molecule has 0 radical (unpaired) electrons. The molecule has 172 valence electrons. The number of hydrogen-bond acceptors (Lipinski definition) is 4. The summed E-state index contributed by atoms with van der Waals surface area (Å²) >= 11 is 15.9. The Morgan fingerprint density at radius 1 is 1.03 bits per heavy atom. The average molecular weight is 672 g/mol. The van der Waals surface area contributed by atoms with Crippen molar-refractivity contribution in [3.8, 4) is 5.75 Å². The molecule has 0 unspecified atom stereocenters. The molecule has 0 N–H and O–H groups in total. The van der Waals surface area contributed by atoms with Crippen molar-refractivity contribution in [2.75, 3.05) is 7.11 Å². The number of Topliss-reactive ketones (excluding diaryl/α,β-unsaturated/α-hetero) is 1. The number of esters is 1. The van der Waals surface area contributed by atoms with Gasteiger partial charge >= 0.3 is 5.97 Å². The smallest absolute Gasteiger partial charge is 0.348 e. The summed E-state index contributed by atoms with van der Waals surface area (Å²) in [7, 11) is 1.51. The molecule has 0 amide bonds. The predicted octanol–water partition coefficient (Wildman–Crippen LogP) is 8.01. The van der Waals surface area contributed by atoms with E-state index in [1.54, 1.807) is 42.5 Å². The van der Waals surface area contributed by atoms with E-state index in [-0.39, 0.29) is 21.9 Å². The first kappa shape index (κ1) is 24.9. The van der Waals surface area contributed by atoms with Gasteiger partial charge in [0.1, 0.15) is 22.9 Å². The Labute approximate surface area is 224 Å². The maximum Gasteiger partial charge on any atom is 0.348 e. The number of allylic oxidation sites excluding steroid dienone is 1. The second-order valence-corrected chi connectivity index (χ2v) is 10.2. The van der Waals surface area contributed by atoms with Gasteiger partial charge in [-0.05, 0) is 85.5 Å². The molecule has 1 aliphatic heterocycles. The maximum absolute atomic E-state index is 14.0. The van der Waals surface area contributed by atoms with Crippen LogP contribution in [0.25, 0.3) is 11.6 Å². The van der Waals surface area contributed by atoms with Crippen LogP contribution in [-0.4, -0.2) is 18.9 Å². The molecule has 0 atom stereocenters. The summed E-state index contributed by atoms with van der Waals surface area (Å²) < 4.78 is 26.7. The van der Waals surface area contributed by atoms with Gasteiger partial charge in [0.15, 0.2) is 0 Å². The van der Waals surface area contributed by atoms with Gasteiger partial charge in [0, 0.05) is 15.6 Å². The van der Waals surface area contributed by atoms with Gasteiger partial charge in [0.05, 0.1) is 21.1 Å². The lowest BCUT2D eigenvalue weighted by Gasteiger charge is -2.09. The Balaban J connectivity index is 1.91. The van der Waals surface area contributed by atoms with E-state index in [1.165, 1.54) is 25.3 Å². The van der Waals surface area contributed by atoms with Gasteiger partial charge in [-0.15, -0.1) is 0 Å². The number of rotatable bonds is 5. The molecule has 9 heteroatoms. The summed E-state index contributed by atoms with van der Waals surface area (Å²) in [6, 6.07) is 14.4. The minimum Gasteiger partial charge on any atom is -0.494 e. The van der Waals surface area contributed by atoms with E-state index in [0.717, 1.165) is 4.47 Å². The first-order chi connectivity index (χ1) is 16.2. The highest BCUT2D eigenvalue weighted by Gasteiger charge is 2.36. The van der Waals surface area contributed by atoms with Crippen LogP contribution in [0.1, 0.15) is 21.5 Å². The molecule has 0 aromatic heterocycles. The second-order valence-electron chi connectivity index (χ2n) is 7.13. The number of cyclic esters (lactones) is 1. The standard InChI is InChI=1S/C25H13Br3ClFO4/c1-33-24-16(27)10-14(11-17(24)28)23(31)22-21(13-3-5-15(26)6-4-13)20(34-25(22)32)9-12-2-7-18(29)19(30)8-12/h2-11H,1H3/b20-9-. The van der Waals surface area contributed by atoms with E-state index in [2.05, 4.69) is 47.8 Å². The highest BCUT2D eigenvalue weighted by atomic mass is 79.9. The van der Waals surface area contributed by atoms with Crippen LogP contribution in [0, 0.1) is 5.82 Å². The third kappa shape index (κ3) is 4.91. The lowest BCUT2D eigenvalue weighted by molar-refractivity contribution is -0.132. The summed E-state index contributed by atoms with van der Waals surface area (Å²) in [5, 5.41) is -0.0271. The quantitative estimate of drug-likeness (QED) is 0.157. The van der Waals surface area contributed by atoms with Gasteiger partial charge in [0.25, 0.3) is 0 Å². The van der Waals surface area contributed by atoms with Crippen LogP contribution in [0.3, 0.4) is 0 Å². The number of carbonyl (C=O) groups is 2. The zero-order chi connectivity index (χ0) is 24.6. The lowest BCUT2D eigenvalue weighted by atomic mass is 9.93. The van der Waals surface area contributed by atoms with E-state index in [9.17, 15) is 14.0 Å². The van der Waals surface area contributed by atoms with Crippen molar-refractivity contribution in [3.63, 3.8) is 0 Å². The molecule has 3 aromatic rings. The topological polar surface area (TPSA) is 52.6 Å². The molecule has 0 saturated carbocycles. The summed E-state index contributed by atoms with van der Waals surface area (Å²) in [4.78, 5) is 26.5. The summed E-state index contributed by atoms with van der Waals surface area (Å²) in [6.07, 6.45) is 1.49. The monoisotopic (exact) mass is 668 g/mol. The molecule has 1 heterocycles. The third-order valence-electron chi connectivity index (χ3n) is 4.97. The molecular weight excluding hydrogens is 658 g/mol. The lowest BCUT2D eigenvalue weighted by Crippen LogP contribution is -2.11. The van der Waals surface area contributed by atoms with Crippen LogP contribution >= 0.6 is 59.4 Å². The van der Waals surface area contributed by atoms with E-state index >= 15 is 0 Å². The van der Waals surface area contributed by atoms with E-state index in [0.29, 0.717) is 31.4 Å². The van der Waals surface area contributed by atoms with Crippen LogP contribution in [0.5, 0.6) is 5.75 Å². The van der Waals surface area contributed by atoms with Crippen LogP contribution in [-0.2, 0) is 9.53 Å². The molecule has 0 saturated heterocycles. The predicted molar refractivity (Wildman–Crippen MR) is 139 cm³/mol. The van der Waals surface area contributed by atoms with Crippen molar-refractivity contribution in [1.29, 1.82) is 0 Å². The van der Waals surface area contributed by atoms with Crippen molar-refractivity contribution in [2.24, 2.45) is 0 Å². The zero-order valence-electron chi connectivity index (χ0n) is 17.3. The van der Waals surface area contributed by atoms with Crippen LogP contribution in [0.15, 0.2) is 79.3 Å². The van der Waals surface area contributed by atoms with Gasteiger partial charge in [0.2, 0.25) is 5.78 Å². The summed E-state index contributed by atoms with van der Waals surface area (Å²) in [5.74, 6) is -1.30. The summed E-state index contributed by atoms with van der Waals surface area (Å²) in [5.41, 5.74) is 1.43. The first-order valence-corrected chi connectivity index (χ1v) is 12.4. The van der Waals surface area contributed by atoms with E-state index < -0.39 is 17.6 Å². The number of hydrogen-bond donors (Lipinski definition) is 0. The van der Waals surface area contributed by atoms with Gasteiger partial charge in [-0.1, -0.05) is 45.7 Å². The van der Waals surface area contributed by atoms with Crippen LogP contribution < -0.4 is 4.74 Å². The molecule has 4 nitrogen and oxygen atoms in total. The Hall–Kier alpha value is -2.26. The average Bonchev–Trinajstić information content (AvgIpc) is 3.11. The number of carbonyl (C=O) groups excluding carboxylic acids is 2. The molecule has 0 fully saturated rings. The maximum atomic E-state index is 14.0. The van der Waals surface area contributed by atoms with Crippen molar-refractivity contribution in [2.45, 2.75) is 0 Å². The number of benzene rings is 3. The largest absolute Gasteiger partial charge is 0.494 e. The van der Waals surface area contributed by atoms with Crippen LogP contribution in [0.2, 0.25) is 5.02 Å². The molecule has 1 aliphatic rings. The molecule has 3 aromatic carbocycles. The van der Waals surface area contributed by atoms with Gasteiger partial charge < -0.3 is 9.47 Å². The molecule has 0 spiro atoms. The highest BCUT2D eigenvalue weighted by Crippen LogP contribution is 2.40. The normalized spacial score (nSPS) is 14.5. The fraction of sp³-hybridized carbons (Fsp3) is 0.0400. The van der Waals surface area contributed by atoms with Gasteiger partial charge in [-0.25, -0.2) is 9.18 Å². The van der Waals surface area contributed by atoms with Crippen molar-refractivity contribution in [1.82, 2.24) is 0 Å². The molecular formula is C25H13Br3ClFO4. The number of ketones is 1. The van der Waals surface area contributed by atoms with Crippen molar-refractivity contribution >= 4 is 82.8 Å². The molecule has 0 aliphatic carbocycles. The number of ether oxygens (including phenoxy) is 2. The second kappa shape index (κ2) is 10.2. The minimum absolute atomic E-state index is 0.0271. The molecule has 0 bridgehead atoms. The SMILES string of the molecule is COc1c(Br)cc(C(=O)C2=C(c3ccc(Br)cc3)/C(=C/c3ccc(Cl)c(F)c3)OC2=O)cc1Br. The minimum atomic E-state index is -0.799. The summed E-state index contributed by atoms with van der Waals surface area (Å²) in [6.45, 7) is 0. The van der Waals surface area contributed by atoms with Gasteiger partial charge in [-0.2, -0.15) is 0 Å². The Morgan fingerprint density at radius 3 is 2.26 bits per heavy atom. The third-order valence-corrected chi connectivity index (χ3v) is 6.98. The van der Waals surface area contributed by atoms with E-state index in [1.807, 2.05) is 0 Å². The Bertz CT molecular complexity index is 1370. The van der Waals surface area contributed by atoms with E-state index in [4.69, 9.17) is 21.1 Å². The Morgan fingerprint density at radius 2 is 1.68 bits per heavy atom. The molecule has 34 heavy (non-hydrogen) atoms. The fourth-order valence-corrected chi connectivity index (χ4v) is 5.31. The van der Waals surface area contributed by atoms with Crippen molar-refractivity contribution < 1.29 is 23.5 Å². The molecule has 4 rings (SSSR count). The van der Waals surface area contributed by atoms with Gasteiger partial charge in [-0.3, -0.25) is 4.79 Å². The van der Waals surface area contributed by atoms with Crippen LogP contribution in [0.4, 0.5) is 4.39 Å². The fourth-order valence-electron chi connectivity index (χ4n) is 3.42. The highest BCUT2D eigenvalue weighted by molar-refractivity contribution is 9.11. The Kier molecular flexibility index (Phi) is 7.42. The number of methoxy groups -OCH3 is 1. The van der Waals surface area contributed by atoms with Crippen molar-refractivity contribution in [3.05, 3.63) is 107 Å². The zero-order valence-corrected chi connectivity index (χ0v) is 22.8. The number of halogens is 5.